The van der Waals surface area contributed by atoms with E-state index >= 15 is 0 Å². The second-order valence-corrected chi connectivity index (χ2v) is 5.89. The number of nitrogens with zero attached hydrogens (tertiary/aromatic N) is 2. The fourth-order valence-corrected chi connectivity index (χ4v) is 1.97. The summed E-state index contributed by atoms with van der Waals surface area (Å²) in [7, 11) is 0. The van der Waals surface area contributed by atoms with Crippen molar-refractivity contribution in [3.63, 3.8) is 0 Å². The summed E-state index contributed by atoms with van der Waals surface area (Å²) >= 11 is 0. The Labute approximate surface area is 102 Å². The van der Waals surface area contributed by atoms with Gasteiger partial charge in [0.2, 0.25) is 0 Å². The first-order valence-corrected chi connectivity index (χ1v) is 6.24. The summed E-state index contributed by atoms with van der Waals surface area (Å²) in [5.74, 6) is 1.18. The number of anilines is 1. The second kappa shape index (κ2) is 4.17. The van der Waals surface area contributed by atoms with E-state index in [0.717, 1.165) is 0 Å². The van der Waals surface area contributed by atoms with E-state index in [4.69, 9.17) is 0 Å². The largest absolute Gasteiger partial charge is 0.363 e. The quantitative estimate of drug-likeness (QED) is 0.873. The Morgan fingerprint density at radius 2 is 2.12 bits per heavy atom. The molecule has 1 atom stereocenters. The van der Waals surface area contributed by atoms with E-state index in [9.17, 15) is 4.79 Å². The Morgan fingerprint density at radius 1 is 1.47 bits per heavy atom. The van der Waals surface area contributed by atoms with Crippen molar-refractivity contribution in [3.8, 4) is 0 Å². The molecule has 1 fully saturated rings. The number of aromatic nitrogens is 2. The van der Waals surface area contributed by atoms with Gasteiger partial charge >= 0.3 is 0 Å². The molecule has 1 aromatic rings. The molecule has 17 heavy (non-hydrogen) atoms. The molecule has 0 bridgehead atoms. The van der Waals surface area contributed by atoms with E-state index in [2.05, 4.69) is 17.2 Å². The van der Waals surface area contributed by atoms with E-state index in [0.29, 0.717) is 17.8 Å². The molecule has 0 amide bonds. The van der Waals surface area contributed by atoms with Gasteiger partial charge in [0.05, 0.1) is 0 Å². The van der Waals surface area contributed by atoms with E-state index < -0.39 is 0 Å². The standard InChI is InChI=1S/C13H21N3O/c1-9(10-5-6-10)15-11-12(17)16(8-7-14-11)13(2,3)4/h7-10H,5-6H2,1-4H3,(H,14,15). The molecule has 94 valence electrons. The van der Waals surface area contributed by atoms with Gasteiger partial charge in [-0.3, -0.25) is 4.79 Å². The van der Waals surface area contributed by atoms with Crippen molar-refractivity contribution >= 4 is 5.82 Å². The second-order valence-electron chi connectivity index (χ2n) is 5.89. The molecule has 1 saturated carbocycles. The lowest BCUT2D eigenvalue weighted by atomic mass is 10.1. The van der Waals surface area contributed by atoms with Crippen LogP contribution in [0.25, 0.3) is 0 Å². The maximum absolute atomic E-state index is 12.2. The molecule has 1 aromatic heterocycles. The fourth-order valence-electron chi connectivity index (χ4n) is 1.97. The zero-order chi connectivity index (χ0) is 12.6. The number of hydrogen-bond acceptors (Lipinski definition) is 3. The highest BCUT2D eigenvalue weighted by Crippen LogP contribution is 2.33. The minimum atomic E-state index is -0.209. The summed E-state index contributed by atoms with van der Waals surface area (Å²) in [5, 5.41) is 3.24. The molecule has 1 heterocycles. The average Bonchev–Trinajstić information content (AvgIpc) is 3.02. The maximum Gasteiger partial charge on any atom is 0.293 e. The van der Waals surface area contributed by atoms with Gasteiger partial charge in [-0.25, -0.2) is 4.98 Å². The maximum atomic E-state index is 12.2. The molecule has 4 nitrogen and oxygen atoms in total. The number of hydrogen-bond donors (Lipinski definition) is 1. The zero-order valence-corrected chi connectivity index (χ0v) is 11.0. The highest BCUT2D eigenvalue weighted by molar-refractivity contribution is 5.33. The van der Waals surface area contributed by atoms with Gasteiger partial charge in [0.25, 0.3) is 5.56 Å². The molecule has 2 rings (SSSR count). The predicted molar refractivity (Wildman–Crippen MR) is 69.3 cm³/mol. The molecule has 1 aliphatic carbocycles. The van der Waals surface area contributed by atoms with Gasteiger partial charge in [0, 0.05) is 24.0 Å². The Hall–Kier alpha value is -1.32. The molecule has 0 radical (unpaired) electrons. The lowest BCUT2D eigenvalue weighted by Crippen LogP contribution is -2.36. The van der Waals surface area contributed by atoms with Crippen LogP contribution in [0.2, 0.25) is 0 Å². The topological polar surface area (TPSA) is 46.9 Å². The lowest BCUT2D eigenvalue weighted by molar-refractivity contribution is 0.383. The third-order valence-corrected chi connectivity index (χ3v) is 3.26. The Kier molecular flexibility index (Phi) is 2.98. The summed E-state index contributed by atoms with van der Waals surface area (Å²) < 4.78 is 1.72. The summed E-state index contributed by atoms with van der Waals surface area (Å²) in [6.45, 7) is 8.17. The summed E-state index contributed by atoms with van der Waals surface area (Å²) in [4.78, 5) is 16.4. The van der Waals surface area contributed by atoms with Crippen molar-refractivity contribution in [2.24, 2.45) is 5.92 Å². The van der Waals surface area contributed by atoms with E-state index in [1.54, 1.807) is 17.0 Å². The molecule has 0 saturated heterocycles. The van der Waals surface area contributed by atoms with Gasteiger partial charge in [-0.2, -0.15) is 0 Å². The van der Waals surface area contributed by atoms with Crippen molar-refractivity contribution in [1.82, 2.24) is 9.55 Å². The van der Waals surface area contributed by atoms with Crippen LogP contribution in [0, 0.1) is 5.92 Å². The van der Waals surface area contributed by atoms with Gasteiger partial charge in [0.15, 0.2) is 5.82 Å². The van der Waals surface area contributed by atoms with Crippen molar-refractivity contribution in [2.75, 3.05) is 5.32 Å². The first-order chi connectivity index (χ1) is 7.89. The van der Waals surface area contributed by atoms with Crippen molar-refractivity contribution in [2.45, 2.75) is 52.1 Å². The van der Waals surface area contributed by atoms with Crippen LogP contribution in [-0.4, -0.2) is 15.6 Å². The van der Waals surface area contributed by atoms with Gasteiger partial charge in [-0.05, 0) is 46.5 Å². The molecule has 1 N–H and O–H groups in total. The van der Waals surface area contributed by atoms with Gasteiger partial charge in [0.1, 0.15) is 0 Å². The minimum Gasteiger partial charge on any atom is -0.363 e. The summed E-state index contributed by atoms with van der Waals surface area (Å²) in [6, 6.07) is 0.339. The molecule has 1 unspecified atom stereocenters. The van der Waals surface area contributed by atoms with E-state index in [-0.39, 0.29) is 11.1 Å². The van der Waals surface area contributed by atoms with Crippen molar-refractivity contribution in [3.05, 3.63) is 22.7 Å². The molecule has 0 aliphatic heterocycles. The third-order valence-electron chi connectivity index (χ3n) is 3.26. The van der Waals surface area contributed by atoms with Crippen LogP contribution in [0.15, 0.2) is 17.2 Å². The van der Waals surface area contributed by atoms with Crippen LogP contribution in [0.3, 0.4) is 0 Å². The van der Waals surface area contributed by atoms with E-state index in [1.165, 1.54) is 12.8 Å². The average molecular weight is 235 g/mol. The fraction of sp³-hybridized carbons (Fsp3) is 0.692. The van der Waals surface area contributed by atoms with Crippen LogP contribution in [0.4, 0.5) is 5.82 Å². The Bertz CT molecular complexity index is 454. The van der Waals surface area contributed by atoms with Crippen LogP contribution < -0.4 is 10.9 Å². The summed E-state index contributed by atoms with van der Waals surface area (Å²) in [5.41, 5.74) is -0.244. The summed E-state index contributed by atoms with van der Waals surface area (Å²) in [6.07, 6.45) is 5.95. The van der Waals surface area contributed by atoms with Gasteiger partial charge in [-0.1, -0.05) is 0 Å². The van der Waals surface area contributed by atoms with Gasteiger partial charge < -0.3 is 9.88 Å². The lowest BCUT2D eigenvalue weighted by Gasteiger charge is -2.23. The first-order valence-electron chi connectivity index (χ1n) is 6.24. The normalized spacial score (nSPS) is 17.9. The highest BCUT2D eigenvalue weighted by Gasteiger charge is 2.28. The number of nitrogens with one attached hydrogen (secondary N) is 1. The van der Waals surface area contributed by atoms with Crippen molar-refractivity contribution < 1.29 is 0 Å². The molecule has 1 aliphatic rings. The molecule has 0 spiro atoms. The zero-order valence-electron chi connectivity index (χ0n) is 11.0. The van der Waals surface area contributed by atoms with Crippen LogP contribution >= 0.6 is 0 Å². The Morgan fingerprint density at radius 3 is 2.65 bits per heavy atom. The number of rotatable bonds is 3. The van der Waals surface area contributed by atoms with Crippen molar-refractivity contribution in [1.29, 1.82) is 0 Å². The van der Waals surface area contributed by atoms with Crippen LogP contribution in [0.5, 0.6) is 0 Å². The SMILES string of the molecule is CC(Nc1nccn(C(C)(C)C)c1=O)C1CC1. The molecule has 4 heteroatoms. The first kappa shape index (κ1) is 12.1. The molecular weight excluding hydrogens is 214 g/mol. The minimum absolute atomic E-state index is 0.0347. The molecule has 0 aromatic carbocycles. The smallest absolute Gasteiger partial charge is 0.293 e. The third kappa shape index (κ3) is 2.68. The van der Waals surface area contributed by atoms with E-state index in [1.807, 2.05) is 20.8 Å². The Balaban J connectivity index is 2.26. The van der Waals surface area contributed by atoms with Gasteiger partial charge in [-0.15, -0.1) is 0 Å². The highest BCUT2D eigenvalue weighted by atomic mass is 16.1. The molecular formula is C13H21N3O. The monoisotopic (exact) mass is 235 g/mol. The van der Waals surface area contributed by atoms with Crippen LogP contribution in [-0.2, 0) is 5.54 Å². The van der Waals surface area contributed by atoms with Crippen LogP contribution in [0.1, 0.15) is 40.5 Å². The predicted octanol–water partition coefficient (Wildman–Crippen LogP) is 2.21.